The van der Waals surface area contributed by atoms with Crippen molar-refractivity contribution in [3.8, 4) is 6.07 Å². The lowest BCUT2D eigenvalue weighted by Gasteiger charge is -2.07. The molecule has 0 fully saturated rings. The highest BCUT2D eigenvalue weighted by Gasteiger charge is 2.13. The Labute approximate surface area is 163 Å². The summed E-state index contributed by atoms with van der Waals surface area (Å²) in [6, 6.07) is 9.62. The molecule has 3 aromatic rings. The zero-order chi connectivity index (χ0) is 19.6. The fourth-order valence-electron chi connectivity index (χ4n) is 3.16. The summed E-state index contributed by atoms with van der Waals surface area (Å²) in [6.45, 7) is 9.06. The number of carbonyl (C=O) groups excluding carboxylic acids is 1. The first kappa shape index (κ1) is 18.9. The number of amides is 1. The number of nitriles is 1. The van der Waals surface area contributed by atoms with Gasteiger partial charge in [0.1, 0.15) is 11.6 Å². The summed E-state index contributed by atoms with van der Waals surface area (Å²) in [7, 11) is 0. The smallest absolute Gasteiger partial charge is 0.266 e. The summed E-state index contributed by atoms with van der Waals surface area (Å²) in [6.07, 6.45) is 2.70. The maximum Gasteiger partial charge on any atom is 0.266 e. The molecule has 0 bridgehead atoms. The first-order valence-electron chi connectivity index (χ1n) is 8.90. The van der Waals surface area contributed by atoms with E-state index in [2.05, 4.69) is 21.8 Å². The first-order valence-corrected chi connectivity index (χ1v) is 9.71. The molecule has 27 heavy (non-hydrogen) atoms. The highest BCUT2D eigenvalue weighted by atomic mass is 32.1. The van der Waals surface area contributed by atoms with Gasteiger partial charge in [-0.25, -0.2) is 4.98 Å². The number of anilines is 1. The van der Waals surface area contributed by atoms with Crippen LogP contribution >= 0.6 is 11.3 Å². The van der Waals surface area contributed by atoms with E-state index in [-0.39, 0.29) is 5.57 Å². The van der Waals surface area contributed by atoms with E-state index in [1.165, 1.54) is 0 Å². The normalized spacial score (nSPS) is 11.6. The molecule has 1 amide bonds. The largest absolute Gasteiger partial charge is 0.349 e. The minimum Gasteiger partial charge on any atom is -0.349 e. The van der Waals surface area contributed by atoms with Gasteiger partial charge in [-0.3, -0.25) is 4.79 Å². The zero-order valence-corrected chi connectivity index (χ0v) is 16.8. The molecule has 0 unspecified atom stereocenters. The molecule has 0 aliphatic carbocycles. The molecule has 0 radical (unpaired) electrons. The Hall–Kier alpha value is -2.91. The molecule has 6 heteroatoms. The quantitative estimate of drug-likeness (QED) is 0.503. The number of carbonyl (C=O) groups is 1. The average molecular weight is 379 g/mol. The molecule has 0 atom stereocenters. The minimum absolute atomic E-state index is 0.0901. The summed E-state index contributed by atoms with van der Waals surface area (Å²) < 4.78 is 3.22. The van der Waals surface area contributed by atoms with E-state index < -0.39 is 5.91 Å². The van der Waals surface area contributed by atoms with Crippen molar-refractivity contribution < 1.29 is 4.79 Å². The molecule has 2 heterocycles. The van der Waals surface area contributed by atoms with Crippen molar-refractivity contribution in [3.63, 3.8) is 0 Å². The van der Waals surface area contributed by atoms with Crippen LogP contribution in [0.4, 0.5) is 5.69 Å². The Kier molecular flexibility index (Phi) is 5.43. The third kappa shape index (κ3) is 3.93. The Morgan fingerprint density at radius 1 is 1.33 bits per heavy atom. The van der Waals surface area contributed by atoms with Crippen LogP contribution in [0.2, 0.25) is 0 Å². The number of benzene rings is 1. The lowest BCUT2D eigenvalue weighted by atomic mass is 10.1. The van der Waals surface area contributed by atoms with E-state index in [9.17, 15) is 10.1 Å². The lowest BCUT2D eigenvalue weighted by molar-refractivity contribution is -0.112. The van der Waals surface area contributed by atoms with E-state index in [0.29, 0.717) is 5.69 Å². The third-order valence-corrected chi connectivity index (χ3v) is 5.41. The van der Waals surface area contributed by atoms with Crippen LogP contribution in [-0.4, -0.2) is 15.5 Å². The van der Waals surface area contributed by atoms with Gasteiger partial charge in [-0.1, -0.05) is 6.92 Å². The summed E-state index contributed by atoms with van der Waals surface area (Å²) in [5.41, 5.74) is 4.76. The Morgan fingerprint density at radius 3 is 2.81 bits per heavy atom. The Bertz CT molecular complexity index is 1080. The Balaban J connectivity index is 1.86. The summed E-state index contributed by atoms with van der Waals surface area (Å²) in [5.74, 6) is -0.404. The second-order valence-corrected chi connectivity index (χ2v) is 7.75. The molecule has 0 spiro atoms. The highest BCUT2D eigenvalue weighted by Crippen LogP contribution is 2.25. The second kappa shape index (κ2) is 7.77. The van der Waals surface area contributed by atoms with Crippen LogP contribution in [0.3, 0.4) is 0 Å². The maximum atomic E-state index is 12.6. The van der Waals surface area contributed by atoms with Crippen molar-refractivity contribution >= 4 is 39.2 Å². The van der Waals surface area contributed by atoms with Crippen LogP contribution in [0.5, 0.6) is 0 Å². The van der Waals surface area contributed by atoms with Gasteiger partial charge in [0.2, 0.25) is 0 Å². The molecule has 2 aromatic heterocycles. The minimum atomic E-state index is -0.404. The average Bonchev–Trinajstić information content (AvgIpc) is 3.12. The van der Waals surface area contributed by atoms with Crippen LogP contribution in [0.1, 0.15) is 35.3 Å². The van der Waals surface area contributed by atoms with Gasteiger partial charge < -0.3 is 9.88 Å². The van der Waals surface area contributed by atoms with Crippen molar-refractivity contribution in [3.05, 3.63) is 51.8 Å². The highest BCUT2D eigenvalue weighted by molar-refractivity contribution is 7.18. The number of nitrogens with one attached hydrogen (secondary N) is 1. The lowest BCUT2D eigenvalue weighted by Crippen LogP contribution is -2.13. The summed E-state index contributed by atoms with van der Waals surface area (Å²) in [5, 5.41) is 13.3. The van der Waals surface area contributed by atoms with E-state index >= 15 is 0 Å². The van der Waals surface area contributed by atoms with Gasteiger partial charge >= 0.3 is 0 Å². The molecular formula is C21H22N4OS. The van der Waals surface area contributed by atoms with E-state index in [1.807, 2.05) is 51.1 Å². The molecule has 0 saturated carbocycles. The van der Waals surface area contributed by atoms with Crippen LogP contribution in [0, 0.1) is 32.1 Å². The number of hydrogen-bond acceptors (Lipinski definition) is 4. The molecule has 1 aromatic carbocycles. The summed E-state index contributed by atoms with van der Waals surface area (Å²) >= 11 is 1.58. The fraction of sp³-hybridized carbons (Fsp3) is 0.286. The van der Waals surface area contributed by atoms with Gasteiger partial charge in [0.15, 0.2) is 0 Å². The fourth-order valence-corrected chi connectivity index (χ4v) is 4.03. The molecule has 1 N–H and O–H groups in total. The predicted molar refractivity (Wildman–Crippen MR) is 111 cm³/mol. The number of fused-ring (bicyclic) bond motifs is 1. The van der Waals surface area contributed by atoms with Gasteiger partial charge in [-0.15, -0.1) is 11.3 Å². The standard InChI is InChI=1S/C21H22N4OS/c1-5-8-25-13(2)9-16(14(25)3)10-17(12-22)21(26)24-18-6-7-19-20(11-18)27-15(4)23-19/h6-7,9-11H,5,8H2,1-4H3,(H,24,26)/b17-10+. The van der Waals surface area contributed by atoms with Gasteiger partial charge in [-0.05, 0) is 63.1 Å². The van der Waals surface area contributed by atoms with Crippen molar-refractivity contribution in [2.75, 3.05) is 5.32 Å². The molecule has 5 nitrogen and oxygen atoms in total. The molecule has 0 saturated heterocycles. The number of aromatic nitrogens is 2. The van der Waals surface area contributed by atoms with Crippen LogP contribution in [0.15, 0.2) is 29.8 Å². The molecular weight excluding hydrogens is 356 g/mol. The third-order valence-electron chi connectivity index (χ3n) is 4.48. The van der Waals surface area contributed by atoms with E-state index in [0.717, 1.165) is 45.1 Å². The SMILES string of the molecule is CCCn1c(C)cc(/C=C(\C#N)C(=O)Nc2ccc3nc(C)sc3c2)c1C. The van der Waals surface area contributed by atoms with Gasteiger partial charge in [0, 0.05) is 23.6 Å². The number of nitrogens with zero attached hydrogens (tertiary/aromatic N) is 3. The number of thiazole rings is 1. The van der Waals surface area contributed by atoms with Crippen LogP contribution in [-0.2, 0) is 11.3 Å². The zero-order valence-electron chi connectivity index (χ0n) is 16.0. The maximum absolute atomic E-state index is 12.6. The van der Waals surface area contributed by atoms with Crippen molar-refractivity contribution in [2.24, 2.45) is 0 Å². The van der Waals surface area contributed by atoms with Crippen molar-refractivity contribution in [2.45, 2.75) is 40.7 Å². The number of hydrogen-bond donors (Lipinski definition) is 1. The molecule has 3 rings (SSSR count). The van der Waals surface area contributed by atoms with Crippen molar-refractivity contribution in [1.82, 2.24) is 9.55 Å². The molecule has 138 valence electrons. The molecule has 0 aliphatic rings. The second-order valence-electron chi connectivity index (χ2n) is 6.52. The van der Waals surface area contributed by atoms with E-state index in [4.69, 9.17) is 0 Å². The van der Waals surface area contributed by atoms with Crippen molar-refractivity contribution in [1.29, 1.82) is 5.26 Å². The topological polar surface area (TPSA) is 70.7 Å². The number of rotatable bonds is 5. The molecule has 0 aliphatic heterocycles. The summed E-state index contributed by atoms with van der Waals surface area (Å²) in [4.78, 5) is 17.0. The first-order chi connectivity index (χ1) is 12.9. The predicted octanol–water partition coefficient (Wildman–Crippen LogP) is 4.98. The Morgan fingerprint density at radius 2 is 2.11 bits per heavy atom. The van der Waals surface area contributed by atoms with Gasteiger partial charge in [0.05, 0.1) is 15.2 Å². The van der Waals surface area contributed by atoms with Gasteiger partial charge in [-0.2, -0.15) is 5.26 Å². The number of aryl methyl sites for hydroxylation is 2. The van der Waals surface area contributed by atoms with Crippen LogP contribution in [0.25, 0.3) is 16.3 Å². The monoisotopic (exact) mass is 378 g/mol. The van der Waals surface area contributed by atoms with E-state index in [1.54, 1.807) is 17.4 Å². The van der Waals surface area contributed by atoms with Gasteiger partial charge in [0.25, 0.3) is 5.91 Å². The van der Waals surface area contributed by atoms with Crippen LogP contribution < -0.4 is 5.32 Å².